The molecule has 0 saturated carbocycles. The van der Waals surface area contributed by atoms with Gasteiger partial charge in [-0.2, -0.15) is 10.5 Å². The van der Waals surface area contributed by atoms with Gasteiger partial charge in [0.25, 0.3) is 0 Å². The van der Waals surface area contributed by atoms with E-state index in [9.17, 15) is 4.79 Å². The summed E-state index contributed by atoms with van der Waals surface area (Å²) < 4.78 is 0. The second kappa shape index (κ2) is 6.88. The molecule has 0 heterocycles. The molecule has 0 bridgehead atoms. The topological polar surface area (TPSA) is 106 Å². The molecule has 0 spiro atoms. The van der Waals surface area contributed by atoms with Crippen molar-refractivity contribution in [3.05, 3.63) is 64.7 Å². The molecule has 2 rings (SSSR count). The molecule has 0 amide bonds. The summed E-state index contributed by atoms with van der Waals surface area (Å²) in [4.78, 5) is 16.2. The average molecular weight is 305 g/mol. The van der Waals surface area contributed by atoms with Gasteiger partial charge in [-0.25, -0.2) is 4.79 Å². The smallest absolute Gasteiger partial charge is 0.335 e. The third-order valence-corrected chi connectivity index (χ3v) is 3.06. The van der Waals surface area contributed by atoms with Gasteiger partial charge in [0.15, 0.2) is 5.75 Å². The van der Waals surface area contributed by atoms with Crippen molar-refractivity contribution in [1.29, 1.82) is 10.5 Å². The number of benzene rings is 2. The molecule has 23 heavy (non-hydrogen) atoms. The first-order valence-corrected chi connectivity index (χ1v) is 6.54. The highest BCUT2D eigenvalue weighted by Crippen LogP contribution is 2.20. The fourth-order valence-corrected chi connectivity index (χ4v) is 1.78. The van der Waals surface area contributed by atoms with Gasteiger partial charge >= 0.3 is 5.97 Å². The van der Waals surface area contributed by atoms with Crippen molar-refractivity contribution >= 4 is 11.7 Å². The number of hydrogen-bond donors (Lipinski definition) is 1. The molecule has 2 aromatic rings. The lowest BCUT2D eigenvalue weighted by atomic mass is 10.1. The number of carboxylic acids is 1. The van der Waals surface area contributed by atoms with Gasteiger partial charge in [-0.15, -0.1) is 0 Å². The number of aromatic carboxylic acids is 1. The van der Waals surface area contributed by atoms with E-state index < -0.39 is 5.97 Å². The Kier molecular flexibility index (Phi) is 4.71. The minimum atomic E-state index is -1.12. The molecule has 1 N–H and O–H groups in total. The first-order chi connectivity index (χ1) is 11.0. The summed E-state index contributed by atoms with van der Waals surface area (Å²) in [6.45, 7) is 1.70. The molecule has 0 radical (unpaired) electrons. The number of hydrogen-bond acceptors (Lipinski definition) is 5. The molecule has 6 nitrogen and oxygen atoms in total. The Hall–Kier alpha value is -3.64. The molecule has 0 aromatic heterocycles. The molecule has 0 aliphatic carbocycles. The maximum Gasteiger partial charge on any atom is 0.335 e. The first-order valence-electron chi connectivity index (χ1n) is 6.54. The summed E-state index contributed by atoms with van der Waals surface area (Å²) in [6, 6.07) is 14.6. The van der Waals surface area contributed by atoms with E-state index in [-0.39, 0.29) is 16.9 Å². The van der Waals surface area contributed by atoms with Crippen LogP contribution in [-0.4, -0.2) is 16.8 Å². The fourth-order valence-electron chi connectivity index (χ4n) is 1.78. The van der Waals surface area contributed by atoms with Crippen molar-refractivity contribution < 1.29 is 14.7 Å². The molecular weight excluding hydrogens is 294 g/mol. The van der Waals surface area contributed by atoms with Crippen LogP contribution in [0.5, 0.6) is 5.75 Å². The lowest BCUT2D eigenvalue weighted by Gasteiger charge is -2.05. The summed E-state index contributed by atoms with van der Waals surface area (Å²) >= 11 is 0. The summed E-state index contributed by atoms with van der Waals surface area (Å²) in [5, 5.41) is 30.7. The monoisotopic (exact) mass is 305 g/mol. The van der Waals surface area contributed by atoms with Crippen molar-refractivity contribution in [3.63, 3.8) is 0 Å². The Balaban J connectivity index is 2.27. The SMILES string of the molecule is C/C(=N/Oc1cc(C(=O)O)ccc1C#N)c1ccc(C#N)cc1. The van der Waals surface area contributed by atoms with Crippen LogP contribution in [0.25, 0.3) is 0 Å². The second-order valence-corrected chi connectivity index (χ2v) is 4.59. The zero-order chi connectivity index (χ0) is 16.8. The van der Waals surface area contributed by atoms with Gasteiger partial charge in [0.1, 0.15) is 6.07 Å². The number of nitrogens with zero attached hydrogens (tertiary/aromatic N) is 3. The van der Waals surface area contributed by atoms with Crippen LogP contribution in [0.1, 0.15) is 34.0 Å². The largest absolute Gasteiger partial charge is 0.478 e. The van der Waals surface area contributed by atoms with E-state index in [2.05, 4.69) is 5.16 Å². The van der Waals surface area contributed by atoms with E-state index in [1.807, 2.05) is 12.1 Å². The average Bonchev–Trinajstić information content (AvgIpc) is 2.59. The lowest BCUT2D eigenvalue weighted by molar-refractivity contribution is 0.0696. The van der Waals surface area contributed by atoms with Gasteiger partial charge in [-0.3, -0.25) is 0 Å². The normalized spacial score (nSPS) is 10.5. The molecule has 2 aromatic carbocycles. The third kappa shape index (κ3) is 3.72. The number of carbonyl (C=O) groups is 1. The van der Waals surface area contributed by atoms with E-state index in [0.29, 0.717) is 11.3 Å². The van der Waals surface area contributed by atoms with Crippen molar-refractivity contribution in [3.8, 4) is 17.9 Å². The van der Waals surface area contributed by atoms with Crippen molar-refractivity contribution in [2.75, 3.05) is 0 Å². The number of oxime groups is 1. The zero-order valence-corrected chi connectivity index (χ0v) is 12.1. The van der Waals surface area contributed by atoms with Crippen LogP contribution in [0.2, 0.25) is 0 Å². The molecule has 0 aliphatic rings. The predicted octanol–water partition coefficient (Wildman–Crippen LogP) is 2.93. The fraction of sp³-hybridized carbons (Fsp3) is 0.0588. The molecule has 0 unspecified atom stereocenters. The minimum Gasteiger partial charge on any atom is -0.478 e. The lowest BCUT2D eigenvalue weighted by Crippen LogP contribution is -2.01. The van der Waals surface area contributed by atoms with Crippen LogP contribution in [0, 0.1) is 22.7 Å². The Morgan fingerprint density at radius 1 is 1.09 bits per heavy atom. The molecule has 0 fully saturated rings. The van der Waals surface area contributed by atoms with Crippen LogP contribution in [0.15, 0.2) is 47.6 Å². The summed E-state index contributed by atoms with van der Waals surface area (Å²) in [7, 11) is 0. The first kappa shape index (κ1) is 15.7. The van der Waals surface area contributed by atoms with Crippen molar-refractivity contribution in [1.82, 2.24) is 0 Å². The Labute approximate surface area is 132 Å². The molecule has 112 valence electrons. The van der Waals surface area contributed by atoms with Crippen LogP contribution in [0.3, 0.4) is 0 Å². The molecule has 0 atom stereocenters. The maximum atomic E-state index is 11.0. The highest BCUT2D eigenvalue weighted by Gasteiger charge is 2.10. The third-order valence-electron chi connectivity index (χ3n) is 3.06. The van der Waals surface area contributed by atoms with Gasteiger partial charge in [-0.05, 0) is 42.8 Å². The van der Waals surface area contributed by atoms with E-state index in [1.54, 1.807) is 31.2 Å². The second-order valence-electron chi connectivity index (χ2n) is 4.59. The number of rotatable bonds is 4. The van der Waals surface area contributed by atoms with Crippen LogP contribution in [-0.2, 0) is 0 Å². The predicted molar refractivity (Wildman–Crippen MR) is 82.1 cm³/mol. The zero-order valence-electron chi connectivity index (χ0n) is 12.1. The highest BCUT2D eigenvalue weighted by atomic mass is 16.6. The summed E-state index contributed by atoms with van der Waals surface area (Å²) in [5.74, 6) is -1.05. The Bertz CT molecular complexity index is 856. The summed E-state index contributed by atoms with van der Waals surface area (Å²) in [6.07, 6.45) is 0. The van der Waals surface area contributed by atoms with Crippen molar-refractivity contribution in [2.24, 2.45) is 5.16 Å². The Morgan fingerprint density at radius 3 is 2.30 bits per heavy atom. The molecule has 6 heteroatoms. The van der Waals surface area contributed by atoms with Gasteiger partial charge in [0.05, 0.1) is 28.5 Å². The maximum absolute atomic E-state index is 11.0. The van der Waals surface area contributed by atoms with Crippen LogP contribution >= 0.6 is 0 Å². The van der Waals surface area contributed by atoms with E-state index in [4.69, 9.17) is 20.5 Å². The highest BCUT2D eigenvalue weighted by molar-refractivity contribution is 5.98. The quantitative estimate of drug-likeness (QED) is 0.690. The summed E-state index contributed by atoms with van der Waals surface area (Å²) in [5.41, 5.74) is 2.00. The van der Waals surface area contributed by atoms with Gasteiger partial charge in [0.2, 0.25) is 0 Å². The van der Waals surface area contributed by atoms with Crippen molar-refractivity contribution in [2.45, 2.75) is 6.92 Å². The van der Waals surface area contributed by atoms with Gasteiger partial charge < -0.3 is 9.94 Å². The van der Waals surface area contributed by atoms with Gasteiger partial charge in [0, 0.05) is 0 Å². The van der Waals surface area contributed by atoms with Crippen LogP contribution < -0.4 is 4.84 Å². The minimum absolute atomic E-state index is 0.00484. The molecular formula is C17H11N3O3. The van der Waals surface area contributed by atoms with Gasteiger partial charge in [-0.1, -0.05) is 17.3 Å². The van der Waals surface area contributed by atoms with E-state index in [1.165, 1.54) is 18.2 Å². The van der Waals surface area contributed by atoms with E-state index in [0.717, 1.165) is 5.56 Å². The van der Waals surface area contributed by atoms with Crippen LogP contribution in [0.4, 0.5) is 0 Å². The molecule has 0 saturated heterocycles. The number of carboxylic acid groups (broad SMARTS) is 1. The molecule has 0 aliphatic heterocycles. The standard InChI is InChI=1S/C17H11N3O3/c1-11(13-4-2-12(9-18)3-5-13)20-23-16-8-14(17(21)22)6-7-15(16)10-19/h2-8H,1H3,(H,21,22)/b20-11-. The van der Waals surface area contributed by atoms with E-state index >= 15 is 0 Å². The number of nitriles is 2. The Morgan fingerprint density at radius 2 is 1.74 bits per heavy atom.